The van der Waals surface area contributed by atoms with Gasteiger partial charge in [-0.05, 0) is 74.2 Å². The smallest absolute Gasteiger partial charge is 0.125 e. The van der Waals surface area contributed by atoms with Crippen LogP contribution >= 0.6 is 12.4 Å². The molecule has 0 radical (unpaired) electrons. The van der Waals surface area contributed by atoms with Crippen LogP contribution in [-0.4, -0.2) is 50.2 Å². The lowest BCUT2D eigenvalue weighted by Gasteiger charge is -2.18. The van der Waals surface area contributed by atoms with Crippen molar-refractivity contribution in [2.45, 2.75) is 76.3 Å². The van der Waals surface area contributed by atoms with Gasteiger partial charge in [0, 0.05) is 11.1 Å². The monoisotopic (exact) mass is 542 g/mol. The van der Waals surface area contributed by atoms with Crippen molar-refractivity contribution in [1.29, 1.82) is 0 Å². The van der Waals surface area contributed by atoms with E-state index in [1.165, 1.54) is 38.5 Å². The average Bonchev–Trinajstić information content (AvgIpc) is 2.94. The van der Waals surface area contributed by atoms with Crippen LogP contribution in [0, 0.1) is 0 Å². The molecule has 2 aromatic rings. The van der Waals surface area contributed by atoms with E-state index in [-0.39, 0.29) is 12.4 Å². The second-order valence-electron chi connectivity index (χ2n) is 9.97. The van der Waals surface area contributed by atoms with Gasteiger partial charge in [-0.2, -0.15) is 0 Å². The fourth-order valence-corrected chi connectivity index (χ4v) is 4.95. The number of rotatable bonds is 12. The fourth-order valence-electron chi connectivity index (χ4n) is 4.95. The summed E-state index contributed by atoms with van der Waals surface area (Å²) in [5.74, 6) is 2.82. The van der Waals surface area contributed by atoms with Crippen LogP contribution in [0.2, 0.25) is 0 Å². The summed E-state index contributed by atoms with van der Waals surface area (Å²) >= 11 is 0. The van der Waals surface area contributed by atoms with Crippen molar-refractivity contribution < 1.29 is 14.2 Å². The molecule has 0 unspecified atom stereocenters. The molecule has 0 bridgehead atoms. The Morgan fingerprint density at radius 3 is 1.32 bits per heavy atom. The highest BCUT2D eigenvalue weighted by molar-refractivity contribution is 5.98. The Labute approximate surface area is 233 Å². The van der Waals surface area contributed by atoms with E-state index in [2.05, 4.69) is 0 Å². The molecule has 0 amide bonds. The van der Waals surface area contributed by atoms with Crippen LogP contribution in [0.3, 0.4) is 0 Å². The van der Waals surface area contributed by atoms with Gasteiger partial charge in [0.25, 0.3) is 0 Å². The quantitative estimate of drug-likeness (QED) is 0.204. The van der Waals surface area contributed by atoms with E-state index in [1.807, 2.05) is 48.5 Å². The first-order valence-electron chi connectivity index (χ1n) is 13.9. The number of amidine groups is 2. The molecule has 7 nitrogen and oxygen atoms in total. The van der Waals surface area contributed by atoms with Crippen molar-refractivity contribution in [2.24, 2.45) is 21.5 Å². The Kier molecular flexibility index (Phi) is 12.7. The lowest BCUT2D eigenvalue weighted by atomic mass is 9.96. The zero-order valence-electron chi connectivity index (χ0n) is 22.4. The Balaban J connectivity index is 0.00000400. The topological polar surface area (TPSA) is 104 Å². The lowest BCUT2D eigenvalue weighted by molar-refractivity contribution is 0.0764. The van der Waals surface area contributed by atoms with Crippen molar-refractivity contribution in [3.05, 3.63) is 59.7 Å². The number of hydrogen-bond acceptors (Lipinski definition) is 5. The zero-order chi connectivity index (χ0) is 25.7. The Morgan fingerprint density at radius 2 is 0.947 bits per heavy atom. The number of nitrogens with zero attached hydrogens (tertiary/aromatic N) is 2. The molecule has 2 fully saturated rings. The van der Waals surface area contributed by atoms with E-state index in [1.54, 1.807) is 0 Å². The highest BCUT2D eigenvalue weighted by Gasteiger charge is 2.14. The Bertz CT molecular complexity index is 918. The number of aliphatic imine (C=N–C) groups is 2. The number of halogens is 1. The van der Waals surface area contributed by atoms with Crippen molar-refractivity contribution in [3.63, 3.8) is 0 Å². The van der Waals surface area contributed by atoms with Crippen LogP contribution in [0.25, 0.3) is 0 Å². The fraction of sp³-hybridized carbons (Fsp3) is 0.533. The number of hydrogen-bond donors (Lipinski definition) is 2. The molecule has 2 aliphatic rings. The maximum Gasteiger partial charge on any atom is 0.125 e. The van der Waals surface area contributed by atoms with Crippen LogP contribution in [0.5, 0.6) is 11.5 Å². The van der Waals surface area contributed by atoms with Crippen molar-refractivity contribution in [2.75, 3.05) is 26.4 Å². The van der Waals surface area contributed by atoms with Gasteiger partial charge in [0.1, 0.15) is 36.4 Å². The first-order valence-corrected chi connectivity index (χ1v) is 13.9. The summed E-state index contributed by atoms with van der Waals surface area (Å²) in [6, 6.07) is 16.3. The van der Waals surface area contributed by atoms with Gasteiger partial charge in [0.05, 0.1) is 25.3 Å². The molecular formula is C30H43ClN4O3. The third kappa shape index (κ3) is 9.84. The molecule has 38 heavy (non-hydrogen) atoms. The predicted molar refractivity (Wildman–Crippen MR) is 157 cm³/mol. The zero-order valence-corrected chi connectivity index (χ0v) is 23.2. The maximum absolute atomic E-state index is 6.21. The normalized spacial score (nSPS) is 17.6. The first-order chi connectivity index (χ1) is 18.2. The molecule has 4 N–H and O–H groups in total. The molecule has 0 spiro atoms. The van der Waals surface area contributed by atoms with E-state index in [4.69, 9.17) is 35.7 Å². The standard InChI is InChI=1S/C30H42N4O3.ClH/c31-29(33-25-7-3-1-4-8-25)23-11-15-27(16-12-23)36-21-19-35-20-22-37-28-17-13-24(14-18-28)30(32)34-26-9-5-2-6-10-26;/h11-18,25-26H,1-10,19-22H2,(H2,31,33)(H2,32,34);1H. The minimum atomic E-state index is 0. The van der Waals surface area contributed by atoms with E-state index < -0.39 is 0 Å². The van der Waals surface area contributed by atoms with E-state index in [0.29, 0.717) is 50.2 Å². The van der Waals surface area contributed by atoms with Gasteiger partial charge < -0.3 is 25.7 Å². The SMILES string of the molecule is Cl.NC(=NC1CCCCC1)c1ccc(OCCOCCOc2ccc(C(N)=NC3CCCCC3)cc2)cc1. The summed E-state index contributed by atoms with van der Waals surface area (Å²) in [5, 5.41) is 0. The van der Waals surface area contributed by atoms with Crippen LogP contribution in [0.15, 0.2) is 58.5 Å². The first kappa shape index (κ1) is 29.8. The molecule has 2 aliphatic carbocycles. The summed E-state index contributed by atoms with van der Waals surface area (Å²) in [4.78, 5) is 9.41. The highest BCUT2D eigenvalue weighted by atomic mass is 35.5. The Morgan fingerprint density at radius 1 is 0.579 bits per heavy atom. The minimum absolute atomic E-state index is 0. The highest BCUT2D eigenvalue weighted by Crippen LogP contribution is 2.22. The van der Waals surface area contributed by atoms with Crippen LogP contribution in [-0.2, 0) is 4.74 Å². The number of ether oxygens (including phenoxy) is 3. The van der Waals surface area contributed by atoms with Gasteiger partial charge in [-0.1, -0.05) is 38.5 Å². The summed E-state index contributed by atoms with van der Waals surface area (Å²) in [6.07, 6.45) is 12.2. The van der Waals surface area contributed by atoms with Crippen LogP contribution < -0.4 is 20.9 Å². The molecule has 0 aromatic heterocycles. The second kappa shape index (κ2) is 16.2. The third-order valence-electron chi connectivity index (χ3n) is 7.09. The molecule has 0 atom stereocenters. The summed E-state index contributed by atoms with van der Waals surface area (Å²) in [5.41, 5.74) is 14.3. The van der Waals surface area contributed by atoms with Gasteiger partial charge in [-0.15, -0.1) is 12.4 Å². The predicted octanol–water partition coefficient (Wildman–Crippen LogP) is 5.66. The third-order valence-corrected chi connectivity index (χ3v) is 7.09. The average molecular weight is 543 g/mol. The molecular weight excluding hydrogens is 500 g/mol. The van der Waals surface area contributed by atoms with Gasteiger partial charge in [-0.25, -0.2) is 0 Å². The lowest BCUT2D eigenvalue weighted by Crippen LogP contribution is -2.19. The maximum atomic E-state index is 6.21. The molecule has 0 saturated heterocycles. The summed E-state index contributed by atoms with van der Waals surface area (Å²) in [7, 11) is 0. The number of benzene rings is 2. The minimum Gasteiger partial charge on any atom is -0.491 e. The Hall–Kier alpha value is -2.77. The van der Waals surface area contributed by atoms with Gasteiger partial charge >= 0.3 is 0 Å². The van der Waals surface area contributed by atoms with E-state index >= 15 is 0 Å². The molecule has 208 valence electrons. The van der Waals surface area contributed by atoms with Crippen LogP contribution in [0.4, 0.5) is 0 Å². The van der Waals surface area contributed by atoms with Crippen molar-refractivity contribution in [1.82, 2.24) is 0 Å². The second-order valence-corrected chi connectivity index (χ2v) is 9.97. The van der Waals surface area contributed by atoms with Crippen LogP contribution in [0.1, 0.15) is 75.3 Å². The van der Waals surface area contributed by atoms with Gasteiger partial charge in [-0.3, -0.25) is 9.98 Å². The number of nitrogens with two attached hydrogens (primary N) is 2. The van der Waals surface area contributed by atoms with E-state index in [0.717, 1.165) is 48.3 Å². The summed E-state index contributed by atoms with van der Waals surface area (Å²) < 4.78 is 17.2. The molecule has 4 rings (SSSR count). The summed E-state index contributed by atoms with van der Waals surface area (Å²) in [6.45, 7) is 1.92. The van der Waals surface area contributed by atoms with Crippen molar-refractivity contribution in [3.8, 4) is 11.5 Å². The molecule has 2 aromatic carbocycles. The largest absolute Gasteiger partial charge is 0.491 e. The molecule has 8 heteroatoms. The molecule has 0 aliphatic heterocycles. The van der Waals surface area contributed by atoms with Gasteiger partial charge in [0.2, 0.25) is 0 Å². The molecule has 0 heterocycles. The van der Waals surface area contributed by atoms with Gasteiger partial charge in [0.15, 0.2) is 0 Å². The molecule has 2 saturated carbocycles. The van der Waals surface area contributed by atoms with E-state index in [9.17, 15) is 0 Å². The van der Waals surface area contributed by atoms with Crippen molar-refractivity contribution >= 4 is 24.1 Å².